The van der Waals surface area contributed by atoms with Crippen molar-refractivity contribution in [3.8, 4) is 0 Å². The SMILES string of the molecule is CC(=O)OC1CCc2c1ncc(N)c2N1C[C@@H](C)[C@@H](CC(=O)O)[C@@H](NC(=O)OC(C)(C)C)C1. The lowest BCUT2D eigenvalue weighted by Crippen LogP contribution is -2.57. The molecule has 0 saturated carbocycles. The zero-order valence-corrected chi connectivity index (χ0v) is 19.9. The van der Waals surface area contributed by atoms with Crippen molar-refractivity contribution in [1.82, 2.24) is 10.3 Å². The monoisotopic (exact) mass is 462 g/mol. The van der Waals surface area contributed by atoms with Gasteiger partial charge < -0.3 is 30.5 Å². The topological polar surface area (TPSA) is 144 Å². The molecular formula is C23H34N4O6. The van der Waals surface area contributed by atoms with E-state index in [9.17, 15) is 19.5 Å². The van der Waals surface area contributed by atoms with E-state index in [1.807, 2.05) is 6.92 Å². The number of nitrogens with two attached hydrogens (primary N) is 1. The van der Waals surface area contributed by atoms with Crippen molar-refractivity contribution in [3.63, 3.8) is 0 Å². The summed E-state index contributed by atoms with van der Waals surface area (Å²) in [4.78, 5) is 42.1. The minimum absolute atomic E-state index is 0.0383. The zero-order valence-electron chi connectivity index (χ0n) is 19.9. The first-order valence-corrected chi connectivity index (χ1v) is 11.3. The largest absolute Gasteiger partial charge is 0.481 e. The van der Waals surface area contributed by atoms with Gasteiger partial charge in [-0.2, -0.15) is 0 Å². The highest BCUT2D eigenvalue weighted by Crippen LogP contribution is 2.42. The third-order valence-electron chi connectivity index (χ3n) is 6.08. The van der Waals surface area contributed by atoms with Crippen molar-refractivity contribution in [2.45, 2.75) is 71.6 Å². The van der Waals surface area contributed by atoms with E-state index in [0.29, 0.717) is 37.3 Å². The second kappa shape index (κ2) is 9.44. The minimum Gasteiger partial charge on any atom is -0.481 e. The van der Waals surface area contributed by atoms with Gasteiger partial charge in [-0.3, -0.25) is 14.6 Å². The van der Waals surface area contributed by atoms with Gasteiger partial charge in [-0.05, 0) is 45.4 Å². The second-order valence-electron chi connectivity index (χ2n) is 9.96. The number of rotatable bonds is 5. The first-order valence-electron chi connectivity index (χ1n) is 11.3. The number of amides is 1. The van der Waals surface area contributed by atoms with Crippen LogP contribution in [0.15, 0.2) is 6.20 Å². The number of carboxylic acid groups (broad SMARTS) is 1. The van der Waals surface area contributed by atoms with Crippen LogP contribution in [0.3, 0.4) is 0 Å². The van der Waals surface area contributed by atoms with Crippen LogP contribution in [0.4, 0.5) is 16.2 Å². The Balaban J connectivity index is 1.90. The van der Waals surface area contributed by atoms with Gasteiger partial charge in [-0.25, -0.2) is 4.79 Å². The summed E-state index contributed by atoms with van der Waals surface area (Å²) in [6.45, 7) is 9.62. The number of pyridine rings is 1. The molecule has 33 heavy (non-hydrogen) atoms. The number of aromatic nitrogens is 1. The molecule has 1 fully saturated rings. The number of ether oxygens (including phenoxy) is 2. The second-order valence-corrected chi connectivity index (χ2v) is 9.96. The number of hydrogen-bond donors (Lipinski definition) is 3. The molecule has 182 valence electrons. The van der Waals surface area contributed by atoms with Crippen molar-refractivity contribution >= 4 is 29.4 Å². The molecule has 0 bridgehead atoms. The average Bonchev–Trinajstić information content (AvgIpc) is 3.04. The number of carbonyl (C=O) groups is 3. The number of esters is 1. The number of carboxylic acids is 1. The van der Waals surface area contributed by atoms with Gasteiger partial charge in [0.1, 0.15) is 11.7 Å². The maximum absolute atomic E-state index is 12.5. The van der Waals surface area contributed by atoms with Crippen molar-refractivity contribution < 1.29 is 29.0 Å². The first kappa shape index (κ1) is 24.6. The lowest BCUT2D eigenvalue weighted by molar-refractivity contribution is -0.146. The Morgan fingerprint density at radius 3 is 2.61 bits per heavy atom. The molecule has 0 radical (unpaired) electrons. The van der Waals surface area contributed by atoms with E-state index in [2.05, 4.69) is 15.2 Å². The highest BCUT2D eigenvalue weighted by atomic mass is 16.6. The number of carbonyl (C=O) groups excluding carboxylic acids is 2. The van der Waals surface area contributed by atoms with Crippen LogP contribution in [0, 0.1) is 11.8 Å². The van der Waals surface area contributed by atoms with Crippen molar-refractivity contribution in [2.24, 2.45) is 11.8 Å². The first-order chi connectivity index (χ1) is 15.4. The predicted molar refractivity (Wildman–Crippen MR) is 122 cm³/mol. The number of nitrogens with zero attached hydrogens (tertiary/aromatic N) is 2. The van der Waals surface area contributed by atoms with Gasteiger partial charge in [-0.15, -0.1) is 0 Å². The van der Waals surface area contributed by atoms with E-state index < -0.39 is 29.8 Å². The standard InChI is InChI=1S/C23H34N4O6/c1-12-10-27(11-17(15(12)8-19(29)30)26-22(31)33-23(3,4)5)21-14-6-7-18(32-13(2)28)20(14)25-9-16(21)24/h9,12,15,17-18H,6-8,10-11,24H2,1-5H3,(H,26,31)(H,29,30)/t12-,15-,17+,18?/m1/s1. The molecule has 10 heteroatoms. The molecular weight excluding hydrogens is 428 g/mol. The Labute approximate surface area is 193 Å². The third-order valence-corrected chi connectivity index (χ3v) is 6.08. The Kier molecular flexibility index (Phi) is 7.04. The fourth-order valence-corrected chi connectivity index (χ4v) is 4.86. The minimum atomic E-state index is -0.912. The van der Waals surface area contributed by atoms with E-state index in [-0.39, 0.29) is 24.2 Å². The maximum Gasteiger partial charge on any atom is 0.407 e. The van der Waals surface area contributed by atoms with Crippen molar-refractivity contribution in [3.05, 3.63) is 17.5 Å². The van der Waals surface area contributed by atoms with Gasteiger partial charge in [0.2, 0.25) is 0 Å². The molecule has 1 aliphatic heterocycles. The van der Waals surface area contributed by atoms with Crippen molar-refractivity contribution in [1.29, 1.82) is 0 Å². The highest BCUT2D eigenvalue weighted by molar-refractivity contribution is 5.75. The lowest BCUT2D eigenvalue weighted by atomic mass is 9.80. The number of anilines is 2. The number of piperidine rings is 1. The molecule has 1 unspecified atom stereocenters. The zero-order chi connectivity index (χ0) is 24.5. The fraction of sp³-hybridized carbons (Fsp3) is 0.652. The molecule has 1 aromatic rings. The van der Waals surface area contributed by atoms with Gasteiger partial charge in [0.05, 0.1) is 35.7 Å². The fourth-order valence-electron chi connectivity index (χ4n) is 4.86. The van der Waals surface area contributed by atoms with Gasteiger partial charge in [0, 0.05) is 25.6 Å². The summed E-state index contributed by atoms with van der Waals surface area (Å²) < 4.78 is 10.8. The Morgan fingerprint density at radius 1 is 1.30 bits per heavy atom. The van der Waals surface area contributed by atoms with Gasteiger partial charge in [-0.1, -0.05) is 6.92 Å². The summed E-state index contributed by atoms with van der Waals surface area (Å²) in [7, 11) is 0. The quantitative estimate of drug-likeness (QED) is 0.562. The molecule has 4 atom stereocenters. The summed E-state index contributed by atoms with van der Waals surface area (Å²) in [6, 6.07) is -0.450. The smallest absolute Gasteiger partial charge is 0.407 e. The summed E-state index contributed by atoms with van der Waals surface area (Å²) in [5.74, 6) is -1.58. The number of fused-ring (bicyclic) bond motifs is 1. The van der Waals surface area contributed by atoms with Gasteiger partial charge >= 0.3 is 18.0 Å². The molecule has 1 aromatic heterocycles. The molecule has 1 aliphatic carbocycles. The van der Waals surface area contributed by atoms with Crippen LogP contribution in [0.1, 0.15) is 64.8 Å². The number of aliphatic carboxylic acids is 1. The van der Waals surface area contributed by atoms with Crippen LogP contribution in [0.2, 0.25) is 0 Å². The number of alkyl carbamates (subject to hydrolysis) is 1. The van der Waals surface area contributed by atoms with Crippen molar-refractivity contribution in [2.75, 3.05) is 23.7 Å². The normalized spacial score (nSPS) is 24.7. The molecule has 1 saturated heterocycles. The number of hydrogen-bond acceptors (Lipinski definition) is 8. The van der Waals surface area contributed by atoms with Crippen LogP contribution < -0.4 is 16.0 Å². The molecule has 2 heterocycles. The average molecular weight is 463 g/mol. The van der Waals surface area contributed by atoms with E-state index in [1.165, 1.54) is 6.92 Å². The highest BCUT2D eigenvalue weighted by Gasteiger charge is 2.40. The van der Waals surface area contributed by atoms with Gasteiger partial charge in [0.15, 0.2) is 0 Å². The van der Waals surface area contributed by atoms with Crippen LogP contribution in [0.5, 0.6) is 0 Å². The van der Waals surface area contributed by atoms with Crippen LogP contribution in [0.25, 0.3) is 0 Å². The summed E-state index contributed by atoms with van der Waals surface area (Å²) in [6.07, 6.45) is 1.81. The van der Waals surface area contributed by atoms with E-state index in [1.54, 1.807) is 27.0 Å². The Morgan fingerprint density at radius 2 is 2.00 bits per heavy atom. The molecule has 3 rings (SSSR count). The lowest BCUT2D eigenvalue weighted by Gasteiger charge is -2.44. The molecule has 10 nitrogen and oxygen atoms in total. The molecule has 1 amide bonds. The molecule has 4 N–H and O–H groups in total. The molecule has 2 aliphatic rings. The third kappa shape index (κ3) is 5.85. The summed E-state index contributed by atoms with van der Waals surface area (Å²) in [5, 5.41) is 12.3. The predicted octanol–water partition coefficient (Wildman–Crippen LogP) is 2.65. The molecule has 0 aromatic carbocycles. The Hall–Kier alpha value is -3.04. The number of nitrogen functional groups attached to an aromatic ring is 1. The van der Waals surface area contributed by atoms with Crippen LogP contribution >= 0.6 is 0 Å². The van der Waals surface area contributed by atoms with E-state index >= 15 is 0 Å². The van der Waals surface area contributed by atoms with Gasteiger partial charge in [0.25, 0.3) is 0 Å². The Bertz CT molecular complexity index is 928. The summed E-state index contributed by atoms with van der Waals surface area (Å²) in [5.41, 5.74) is 8.61. The van der Waals surface area contributed by atoms with Crippen LogP contribution in [-0.2, 0) is 25.5 Å². The summed E-state index contributed by atoms with van der Waals surface area (Å²) >= 11 is 0. The van der Waals surface area contributed by atoms with E-state index in [0.717, 1.165) is 11.3 Å². The van der Waals surface area contributed by atoms with Crippen LogP contribution in [-0.4, -0.2) is 52.9 Å². The van der Waals surface area contributed by atoms with E-state index in [4.69, 9.17) is 15.2 Å². The molecule has 0 spiro atoms. The maximum atomic E-state index is 12.5. The number of nitrogens with one attached hydrogen (secondary N) is 1.